The fraction of sp³-hybridized carbons (Fsp3) is 0.750. The van der Waals surface area contributed by atoms with E-state index < -0.39 is 15.5 Å². The molecule has 0 unspecified atom stereocenters. The SMILES string of the molecule is CN=C(NCc1cnc(CC(C)C)s1)NC1CCN(S(=O)(=O)C(F)(F)F)CC1. The van der Waals surface area contributed by atoms with Gasteiger partial charge >= 0.3 is 15.5 Å². The highest BCUT2D eigenvalue weighted by molar-refractivity contribution is 7.90. The number of guanidine groups is 1. The average molecular weight is 442 g/mol. The molecule has 2 N–H and O–H groups in total. The highest BCUT2D eigenvalue weighted by Crippen LogP contribution is 2.28. The molecule has 0 radical (unpaired) electrons. The number of rotatable bonds is 6. The number of piperidine rings is 1. The molecule has 0 aliphatic carbocycles. The zero-order chi connectivity index (χ0) is 20.9. The summed E-state index contributed by atoms with van der Waals surface area (Å²) >= 11 is 1.63. The van der Waals surface area contributed by atoms with Gasteiger partial charge in [-0.2, -0.15) is 17.5 Å². The highest BCUT2D eigenvalue weighted by atomic mass is 32.2. The number of alkyl halides is 3. The molecule has 0 amide bonds. The summed E-state index contributed by atoms with van der Waals surface area (Å²) < 4.78 is 61.3. The van der Waals surface area contributed by atoms with Gasteiger partial charge in [-0.3, -0.25) is 4.99 Å². The van der Waals surface area contributed by atoms with E-state index in [9.17, 15) is 21.6 Å². The van der Waals surface area contributed by atoms with Gasteiger partial charge in [0.2, 0.25) is 0 Å². The van der Waals surface area contributed by atoms with Gasteiger partial charge in [-0.25, -0.2) is 13.4 Å². The predicted octanol–water partition coefficient (Wildman–Crippen LogP) is 2.32. The Morgan fingerprint density at radius 2 is 2.04 bits per heavy atom. The van der Waals surface area contributed by atoms with Crippen LogP contribution in [0.2, 0.25) is 0 Å². The minimum Gasteiger partial charge on any atom is -0.354 e. The van der Waals surface area contributed by atoms with Crippen molar-refractivity contribution in [3.8, 4) is 0 Å². The standard InChI is InChI=1S/C16H26F3N5O2S2/c1-11(2)8-14-21-9-13(27-14)10-22-15(20-3)23-12-4-6-24(7-5-12)28(25,26)16(17,18)19/h9,11-12H,4-8,10H2,1-3H3,(H2,20,22,23). The summed E-state index contributed by atoms with van der Waals surface area (Å²) in [6.07, 6.45) is 3.30. The van der Waals surface area contributed by atoms with Crippen LogP contribution in [0.3, 0.4) is 0 Å². The number of halogens is 3. The molecule has 0 bridgehead atoms. The van der Waals surface area contributed by atoms with Crippen LogP contribution in [0, 0.1) is 5.92 Å². The summed E-state index contributed by atoms with van der Waals surface area (Å²) in [5, 5.41) is 7.39. The molecule has 1 aliphatic heterocycles. The zero-order valence-electron chi connectivity index (χ0n) is 16.1. The van der Waals surface area contributed by atoms with Crippen LogP contribution in [-0.4, -0.2) is 55.4 Å². The minimum absolute atomic E-state index is 0.149. The van der Waals surface area contributed by atoms with Crippen LogP contribution in [0.15, 0.2) is 11.2 Å². The maximum absolute atomic E-state index is 12.6. The number of thiazole rings is 1. The minimum atomic E-state index is -5.26. The Kier molecular flexibility index (Phi) is 7.68. The molecule has 7 nitrogen and oxygen atoms in total. The number of aliphatic imine (C=N–C) groups is 1. The van der Waals surface area contributed by atoms with Crippen LogP contribution in [0.5, 0.6) is 0 Å². The van der Waals surface area contributed by atoms with E-state index >= 15 is 0 Å². The van der Waals surface area contributed by atoms with Crippen LogP contribution in [0.25, 0.3) is 0 Å². The van der Waals surface area contributed by atoms with Gasteiger partial charge < -0.3 is 10.6 Å². The van der Waals surface area contributed by atoms with Crippen molar-refractivity contribution in [3.05, 3.63) is 16.1 Å². The molecule has 2 rings (SSSR count). The maximum atomic E-state index is 12.6. The molecule has 1 aliphatic rings. The lowest BCUT2D eigenvalue weighted by atomic mass is 10.1. The number of sulfonamides is 1. The largest absolute Gasteiger partial charge is 0.511 e. The van der Waals surface area contributed by atoms with E-state index in [2.05, 4.69) is 34.5 Å². The number of aromatic nitrogens is 1. The van der Waals surface area contributed by atoms with E-state index in [1.165, 1.54) is 0 Å². The van der Waals surface area contributed by atoms with Crippen LogP contribution in [-0.2, 0) is 23.0 Å². The average Bonchev–Trinajstić information content (AvgIpc) is 3.04. The molecule has 1 aromatic heterocycles. The van der Waals surface area contributed by atoms with Crippen molar-refractivity contribution in [2.75, 3.05) is 20.1 Å². The van der Waals surface area contributed by atoms with Crippen LogP contribution in [0.1, 0.15) is 36.6 Å². The fourth-order valence-electron chi connectivity index (χ4n) is 2.82. The van der Waals surface area contributed by atoms with E-state index in [0.29, 0.717) is 22.7 Å². The Labute approximate surface area is 167 Å². The molecule has 0 atom stereocenters. The molecule has 1 aromatic rings. The van der Waals surface area contributed by atoms with Crippen molar-refractivity contribution < 1.29 is 21.6 Å². The van der Waals surface area contributed by atoms with Gasteiger partial charge in [-0.1, -0.05) is 13.8 Å². The Hall–Kier alpha value is -1.40. The third-order valence-corrected chi connectivity index (χ3v) is 6.91. The lowest BCUT2D eigenvalue weighted by Crippen LogP contribution is -2.51. The number of hydrogen-bond acceptors (Lipinski definition) is 5. The second-order valence-electron chi connectivity index (χ2n) is 7.01. The Bertz CT molecular complexity index is 769. The second-order valence-corrected chi connectivity index (χ2v) is 10.1. The van der Waals surface area contributed by atoms with Gasteiger partial charge in [0.1, 0.15) is 0 Å². The molecule has 0 spiro atoms. The number of nitrogens with one attached hydrogen (secondary N) is 2. The van der Waals surface area contributed by atoms with Gasteiger partial charge in [-0.15, -0.1) is 11.3 Å². The van der Waals surface area contributed by atoms with Gasteiger partial charge in [-0.05, 0) is 18.8 Å². The smallest absolute Gasteiger partial charge is 0.354 e. The Morgan fingerprint density at radius 1 is 1.39 bits per heavy atom. The van der Waals surface area contributed by atoms with Crippen molar-refractivity contribution in [2.45, 2.75) is 51.2 Å². The molecule has 0 saturated carbocycles. The molecule has 1 fully saturated rings. The van der Waals surface area contributed by atoms with Crippen molar-refractivity contribution in [1.29, 1.82) is 0 Å². The number of hydrogen-bond donors (Lipinski definition) is 2. The molecule has 0 aromatic carbocycles. The van der Waals surface area contributed by atoms with E-state index in [4.69, 9.17) is 0 Å². The van der Waals surface area contributed by atoms with Gasteiger partial charge in [0.15, 0.2) is 5.96 Å². The normalized spacial score (nSPS) is 17.9. The fourth-order valence-corrected chi connectivity index (χ4v) is 4.88. The second kappa shape index (κ2) is 9.40. The molecular weight excluding hydrogens is 415 g/mol. The van der Waals surface area contributed by atoms with E-state index in [1.807, 2.05) is 6.20 Å². The zero-order valence-corrected chi connectivity index (χ0v) is 17.7. The highest BCUT2D eigenvalue weighted by Gasteiger charge is 2.50. The first-order valence-corrected chi connectivity index (χ1v) is 11.3. The van der Waals surface area contributed by atoms with Crippen LogP contribution in [0.4, 0.5) is 13.2 Å². The maximum Gasteiger partial charge on any atom is 0.511 e. The first-order chi connectivity index (χ1) is 13.0. The lowest BCUT2D eigenvalue weighted by Gasteiger charge is -2.32. The van der Waals surface area contributed by atoms with Crippen molar-refractivity contribution in [3.63, 3.8) is 0 Å². The van der Waals surface area contributed by atoms with E-state index in [1.54, 1.807) is 18.4 Å². The van der Waals surface area contributed by atoms with E-state index in [-0.39, 0.29) is 32.0 Å². The third kappa shape index (κ3) is 6.05. The van der Waals surface area contributed by atoms with Gasteiger partial charge in [0.05, 0.1) is 11.6 Å². The predicted molar refractivity (Wildman–Crippen MR) is 104 cm³/mol. The van der Waals surface area contributed by atoms with Crippen molar-refractivity contribution in [1.82, 2.24) is 19.9 Å². The lowest BCUT2D eigenvalue weighted by molar-refractivity contribution is -0.0494. The number of nitrogens with zero attached hydrogens (tertiary/aromatic N) is 3. The summed E-state index contributed by atoms with van der Waals surface area (Å²) in [5.41, 5.74) is -5.26. The summed E-state index contributed by atoms with van der Waals surface area (Å²) in [6.45, 7) is 4.46. The first-order valence-electron chi connectivity index (χ1n) is 9.00. The first kappa shape index (κ1) is 22.9. The summed E-state index contributed by atoms with van der Waals surface area (Å²) in [6, 6.07) is -0.149. The van der Waals surface area contributed by atoms with Crippen molar-refractivity contribution >= 4 is 27.3 Å². The topological polar surface area (TPSA) is 86.7 Å². The summed E-state index contributed by atoms with van der Waals surface area (Å²) in [4.78, 5) is 9.58. The van der Waals surface area contributed by atoms with Crippen molar-refractivity contribution in [2.24, 2.45) is 10.9 Å². The molecule has 12 heteroatoms. The van der Waals surface area contributed by atoms with Gasteiger partial charge in [0, 0.05) is 43.7 Å². The molecule has 2 heterocycles. The molecule has 1 saturated heterocycles. The summed E-state index contributed by atoms with van der Waals surface area (Å²) in [5.74, 6) is 1.06. The summed E-state index contributed by atoms with van der Waals surface area (Å²) in [7, 11) is -3.65. The molecule has 28 heavy (non-hydrogen) atoms. The molecule has 160 valence electrons. The Balaban J connectivity index is 1.82. The monoisotopic (exact) mass is 441 g/mol. The van der Waals surface area contributed by atoms with Crippen LogP contribution < -0.4 is 10.6 Å². The van der Waals surface area contributed by atoms with Crippen LogP contribution >= 0.6 is 11.3 Å². The van der Waals surface area contributed by atoms with E-state index in [0.717, 1.165) is 16.3 Å². The third-order valence-electron chi connectivity index (χ3n) is 4.27. The van der Waals surface area contributed by atoms with Gasteiger partial charge in [0.25, 0.3) is 0 Å². The molecular formula is C16H26F3N5O2S2. The Morgan fingerprint density at radius 3 is 2.57 bits per heavy atom. The quantitative estimate of drug-likeness (QED) is 0.523.